The molecule has 0 radical (unpaired) electrons. The van der Waals surface area contributed by atoms with Crippen molar-refractivity contribution in [3.63, 3.8) is 0 Å². The molecule has 1 aliphatic heterocycles. The molecular weight excluding hydrogens is 228 g/mol. The lowest BCUT2D eigenvalue weighted by molar-refractivity contribution is 0.378. The van der Waals surface area contributed by atoms with Crippen LogP contribution in [-0.2, 0) is 0 Å². The molecule has 6 heteroatoms. The number of aliphatic imine (C=N–C) groups is 2. The van der Waals surface area contributed by atoms with Crippen molar-refractivity contribution < 1.29 is 0 Å². The second-order valence-corrected chi connectivity index (χ2v) is 5.35. The fraction of sp³-hybridized carbons (Fsp3) is 0.833. The van der Waals surface area contributed by atoms with Crippen molar-refractivity contribution in [2.75, 3.05) is 26.2 Å². The summed E-state index contributed by atoms with van der Waals surface area (Å²) in [6.07, 6.45) is 0. The Morgan fingerprint density at radius 1 is 1.33 bits per heavy atom. The summed E-state index contributed by atoms with van der Waals surface area (Å²) in [5.41, 5.74) is -0.798. The first kappa shape index (κ1) is 14.8. The van der Waals surface area contributed by atoms with Crippen LogP contribution in [0.4, 0.5) is 0 Å². The van der Waals surface area contributed by atoms with E-state index in [1.54, 1.807) is 0 Å². The quantitative estimate of drug-likeness (QED) is 0.406. The maximum Gasteiger partial charge on any atom is 0.133 e. The van der Waals surface area contributed by atoms with E-state index in [1.807, 2.05) is 27.7 Å². The molecule has 2 N–H and O–H groups in total. The molecule has 0 unspecified atom stereocenters. The molecule has 0 saturated heterocycles. The highest BCUT2D eigenvalue weighted by Gasteiger charge is 2.28. The van der Waals surface area contributed by atoms with Crippen LogP contribution in [0.5, 0.6) is 0 Å². The minimum atomic E-state index is -0.402. The summed E-state index contributed by atoms with van der Waals surface area (Å²) < 4.78 is 0. The fourth-order valence-electron chi connectivity index (χ4n) is 1.58. The van der Waals surface area contributed by atoms with Crippen molar-refractivity contribution in [1.82, 2.24) is 10.6 Å². The monoisotopic (exact) mass is 252 g/mol. The minimum absolute atomic E-state index is 0.397. The lowest BCUT2D eigenvalue weighted by atomic mass is 10.1. The van der Waals surface area contributed by atoms with Gasteiger partial charge in [-0.25, -0.2) is 0 Å². The van der Waals surface area contributed by atoms with E-state index in [0.29, 0.717) is 6.54 Å². The molecule has 18 heavy (non-hydrogen) atoms. The fourth-order valence-corrected chi connectivity index (χ4v) is 1.58. The molecule has 0 saturated carbocycles. The van der Waals surface area contributed by atoms with Crippen molar-refractivity contribution in [3.8, 4) is 0 Å². The van der Waals surface area contributed by atoms with Crippen LogP contribution in [0.1, 0.15) is 27.7 Å². The number of nitrogens with one attached hydrogen (secondary N) is 2. The van der Waals surface area contributed by atoms with Crippen LogP contribution in [0.15, 0.2) is 20.2 Å². The molecule has 0 spiro atoms. The second-order valence-electron chi connectivity index (χ2n) is 5.35. The van der Waals surface area contributed by atoms with Crippen molar-refractivity contribution in [2.45, 2.75) is 38.9 Å². The number of azo groups is 1. The number of hydrogen-bond acceptors (Lipinski definition) is 6. The summed E-state index contributed by atoms with van der Waals surface area (Å²) >= 11 is 0. The normalized spacial score (nSPS) is 16.8. The topological polar surface area (TPSA) is 73.5 Å². The van der Waals surface area contributed by atoms with Gasteiger partial charge in [-0.15, -0.1) is 0 Å². The Morgan fingerprint density at radius 2 is 2.06 bits per heavy atom. The van der Waals surface area contributed by atoms with Crippen LogP contribution in [0.25, 0.3) is 0 Å². The Labute approximate surface area is 109 Å². The van der Waals surface area contributed by atoms with Crippen LogP contribution >= 0.6 is 0 Å². The van der Waals surface area contributed by atoms with Crippen LogP contribution in [0.2, 0.25) is 0 Å². The summed E-state index contributed by atoms with van der Waals surface area (Å²) in [6, 6.07) is 0. The predicted octanol–water partition coefficient (Wildman–Crippen LogP) is 1.25. The number of nitrogens with zero attached hydrogens (tertiary/aromatic N) is 4. The van der Waals surface area contributed by atoms with E-state index in [1.165, 1.54) is 0 Å². The average Bonchev–Trinajstić information content (AvgIpc) is 2.81. The maximum absolute atomic E-state index is 4.41. The standard InChI is InChI=1S/C12H24N6/c1-11(2,10-14-7-8-15-10)17-18-12(3,4)16-9-6-13-5/h16H,5-9H2,1-4H3,(H,14,15)/b18-17+. The number of rotatable bonds is 7. The molecule has 0 amide bonds. The Hall–Kier alpha value is -1.30. The van der Waals surface area contributed by atoms with Gasteiger partial charge in [0.25, 0.3) is 0 Å². The van der Waals surface area contributed by atoms with Gasteiger partial charge >= 0.3 is 0 Å². The SMILES string of the molecule is C=NCCNC(C)(C)/N=N/C(C)(C)C1=NCCN1. The van der Waals surface area contributed by atoms with Crippen LogP contribution < -0.4 is 10.6 Å². The van der Waals surface area contributed by atoms with Gasteiger partial charge in [0.2, 0.25) is 0 Å². The van der Waals surface area contributed by atoms with E-state index in [2.05, 4.69) is 37.6 Å². The maximum atomic E-state index is 4.41. The lowest BCUT2D eigenvalue weighted by Crippen LogP contribution is -2.41. The third-order valence-electron chi connectivity index (χ3n) is 2.63. The second kappa shape index (κ2) is 6.04. The van der Waals surface area contributed by atoms with Crippen molar-refractivity contribution in [3.05, 3.63) is 0 Å². The van der Waals surface area contributed by atoms with Crippen LogP contribution in [0.3, 0.4) is 0 Å². The van der Waals surface area contributed by atoms with E-state index < -0.39 is 11.2 Å². The molecule has 0 aromatic rings. The van der Waals surface area contributed by atoms with E-state index in [0.717, 1.165) is 25.5 Å². The van der Waals surface area contributed by atoms with E-state index in [4.69, 9.17) is 0 Å². The lowest BCUT2D eigenvalue weighted by Gasteiger charge is -2.24. The zero-order chi connectivity index (χ0) is 13.6. The van der Waals surface area contributed by atoms with Gasteiger partial charge in [0.1, 0.15) is 17.0 Å². The average molecular weight is 252 g/mol. The largest absolute Gasteiger partial charge is 0.370 e. The Balaban J connectivity index is 2.57. The summed E-state index contributed by atoms with van der Waals surface area (Å²) in [7, 11) is 0. The smallest absolute Gasteiger partial charge is 0.133 e. The van der Waals surface area contributed by atoms with Gasteiger partial charge in [-0.2, -0.15) is 10.2 Å². The Morgan fingerprint density at radius 3 is 2.61 bits per heavy atom. The molecule has 0 aliphatic carbocycles. The molecule has 0 atom stereocenters. The van der Waals surface area contributed by atoms with Crippen molar-refractivity contribution >= 4 is 12.6 Å². The van der Waals surface area contributed by atoms with Crippen LogP contribution in [0, 0.1) is 0 Å². The number of amidine groups is 1. The van der Waals surface area contributed by atoms with Gasteiger partial charge in [-0.3, -0.25) is 15.3 Å². The third kappa shape index (κ3) is 4.52. The van der Waals surface area contributed by atoms with E-state index in [9.17, 15) is 0 Å². The number of hydrogen-bond donors (Lipinski definition) is 2. The highest BCUT2D eigenvalue weighted by molar-refractivity contribution is 5.92. The van der Waals surface area contributed by atoms with E-state index >= 15 is 0 Å². The molecule has 0 aromatic heterocycles. The molecule has 0 aromatic carbocycles. The van der Waals surface area contributed by atoms with E-state index in [-0.39, 0.29) is 0 Å². The third-order valence-corrected chi connectivity index (χ3v) is 2.63. The highest BCUT2D eigenvalue weighted by Crippen LogP contribution is 2.16. The van der Waals surface area contributed by atoms with Gasteiger partial charge in [-0.05, 0) is 34.4 Å². The van der Waals surface area contributed by atoms with Gasteiger partial charge in [0, 0.05) is 13.1 Å². The van der Waals surface area contributed by atoms with Crippen molar-refractivity contribution in [2.24, 2.45) is 20.2 Å². The molecule has 1 rings (SSSR count). The first-order valence-electron chi connectivity index (χ1n) is 6.28. The molecular formula is C12H24N6. The molecule has 0 fully saturated rings. The van der Waals surface area contributed by atoms with Gasteiger partial charge < -0.3 is 5.32 Å². The first-order chi connectivity index (χ1) is 8.37. The first-order valence-corrected chi connectivity index (χ1v) is 6.28. The van der Waals surface area contributed by atoms with Gasteiger partial charge in [-0.1, -0.05) is 0 Å². The van der Waals surface area contributed by atoms with Gasteiger partial charge in [0.15, 0.2) is 0 Å². The minimum Gasteiger partial charge on any atom is -0.370 e. The molecule has 1 heterocycles. The van der Waals surface area contributed by atoms with Gasteiger partial charge in [0.05, 0.1) is 13.1 Å². The molecule has 1 aliphatic rings. The zero-order valence-electron chi connectivity index (χ0n) is 11.8. The summed E-state index contributed by atoms with van der Waals surface area (Å²) in [5, 5.41) is 15.3. The van der Waals surface area contributed by atoms with Crippen molar-refractivity contribution in [1.29, 1.82) is 0 Å². The summed E-state index contributed by atoms with van der Waals surface area (Å²) in [4.78, 5) is 8.19. The predicted molar refractivity (Wildman–Crippen MR) is 75.7 cm³/mol. The molecule has 0 bridgehead atoms. The van der Waals surface area contributed by atoms with Crippen LogP contribution in [-0.4, -0.2) is 49.9 Å². The Bertz CT molecular complexity index is 342. The molecule has 102 valence electrons. The Kier molecular flexibility index (Phi) is 4.95. The zero-order valence-corrected chi connectivity index (χ0v) is 11.8. The highest BCUT2D eigenvalue weighted by atomic mass is 15.3. The summed E-state index contributed by atoms with van der Waals surface area (Å²) in [5.74, 6) is 0.912. The molecule has 6 nitrogen and oxygen atoms in total. The summed E-state index contributed by atoms with van der Waals surface area (Å²) in [6.45, 7) is 14.6.